The van der Waals surface area contributed by atoms with Gasteiger partial charge < -0.3 is 15.2 Å². The van der Waals surface area contributed by atoms with Gasteiger partial charge in [0.2, 0.25) is 0 Å². The van der Waals surface area contributed by atoms with Crippen molar-refractivity contribution in [1.29, 1.82) is 0 Å². The van der Waals surface area contributed by atoms with Gasteiger partial charge in [0.25, 0.3) is 5.91 Å². The lowest BCUT2D eigenvalue weighted by atomic mass is 10.2. The third kappa shape index (κ3) is 2.48. The number of ether oxygens (including phenoxy) is 1. The molecule has 1 amide bonds. The van der Waals surface area contributed by atoms with Crippen LogP contribution in [0.1, 0.15) is 6.92 Å². The lowest BCUT2D eigenvalue weighted by Gasteiger charge is -2.18. The van der Waals surface area contributed by atoms with Crippen molar-refractivity contribution in [1.82, 2.24) is 0 Å². The van der Waals surface area contributed by atoms with E-state index in [4.69, 9.17) is 9.84 Å². The zero-order valence-corrected chi connectivity index (χ0v) is 9.71. The zero-order valence-electron chi connectivity index (χ0n) is 8.90. The zero-order chi connectivity index (χ0) is 11.5. The van der Waals surface area contributed by atoms with Crippen LogP contribution in [-0.4, -0.2) is 29.5 Å². The summed E-state index contributed by atoms with van der Waals surface area (Å²) in [6, 6.07) is 5.62. The largest absolute Gasteiger partial charge is 0.482 e. The van der Waals surface area contributed by atoms with Crippen LogP contribution in [-0.2, 0) is 4.79 Å². The number of carbonyl (C=O) groups is 1. The first kappa shape index (κ1) is 11.3. The number of benzene rings is 1. The van der Waals surface area contributed by atoms with Gasteiger partial charge in [0.15, 0.2) is 6.61 Å². The van der Waals surface area contributed by atoms with Crippen LogP contribution < -0.4 is 10.1 Å². The Kier molecular flexibility index (Phi) is 3.36. The van der Waals surface area contributed by atoms with E-state index >= 15 is 0 Å². The van der Waals surface area contributed by atoms with Crippen molar-refractivity contribution in [3.63, 3.8) is 0 Å². The van der Waals surface area contributed by atoms with Gasteiger partial charge in [0.05, 0.1) is 12.3 Å². The van der Waals surface area contributed by atoms with Crippen molar-refractivity contribution in [3.8, 4) is 5.75 Å². The van der Waals surface area contributed by atoms with Crippen molar-refractivity contribution in [3.05, 3.63) is 18.2 Å². The van der Waals surface area contributed by atoms with Gasteiger partial charge in [-0.05, 0) is 18.2 Å². The highest BCUT2D eigenvalue weighted by Gasteiger charge is 2.16. The molecule has 0 radical (unpaired) electrons. The van der Waals surface area contributed by atoms with E-state index in [1.54, 1.807) is 11.8 Å². The van der Waals surface area contributed by atoms with Crippen LogP contribution in [0.5, 0.6) is 5.75 Å². The number of aliphatic hydroxyl groups excluding tert-OH is 1. The van der Waals surface area contributed by atoms with Crippen molar-refractivity contribution < 1.29 is 14.6 Å². The van der Waals surface area contributed by atoms with Gasteiger partial charge >= 0.3 is 0 Å². The van der Waals surface area contributed by atoms with Gasteiger partial charge in [-0.15, -0.1) is 11.8 Å². The maximum atomic E-state index is 11.1. The molecule has 1 aromatic carbocycles. The standard InChI is InChI=1S/C11H13NO3S/c1-7(5-13)16-8-2-3-10-9(4-8)12-11(14)6-15-10/h2-4,7,13H,5-6H2,1H3,(H,12,14). The van der Waals surface area contributed by atoms with E-state index in [-0.39, 0.29) is 24.4 Å². The maximum absolute atomic E-state index is 11.1. The molecular formula is C11H13NO3S. The Morgan fingerprint density at radius 1 is 1.62 bits per heavy atom. The monoisotopic (exact) mass is 239 g/mol. The van der Waals surface area contributed by atoms with Gasteiger partial charge in [-0.1, -0.05) is 6.92 Å². The average Bonchev–Trinajstić information content (AvgIpc) is 2.28. The van der Waals surface area contributed by atoms with Gasteiger partial charge in [-0.2, -0.15) is 0 Å². The summed E-state index contributed by atoms with van der Waals surface area (Å²) < 4.78 is 5.25. The number of amides is 1. The summed E-state index contributed by atoms with van der Waals surface area (Å²) in [4.78, 5) is 12.1. The second-order valence-corrected chi connectivity index (χ2v) is 5.12. The molecule has 0 spiro atoms. The van der Waals surface area contributed by atoms with Gasteiger partial charge in [0, 0.05) is 10.1 Å². The first-order valence-corrected chi connectivity index (χ1v) is 5.91. The normalized spacial score (nSPS) is 16.0. The highest BCUT2D eigenvalue weighted by atomic mass is 32.2. The predicted octanol–water partition coefficient (Wildman–Crippen LogP) is 1.49. The fraction of sp³-hybridized carbons (Fsp3) is 0.364. The number of aliphatic hydroxyl groups is 1. The molecule has 2 rings (SSSR count). The predicted molar refractivity (Wildman–Crippen MR) is 63.0 cm³/mol. The van der Waals surface area contributed by atoms with Crippen molar-refractivity contribution in [2.75, 3.05) is 18.5 Å². The summed E-state index contributed by atoms with van der Waals surface area (Å²) in [6.07, 6.45) is 0. The molecule has 4 nitrogen and oxygen atoms in total. The summed E-state index contributed by atoms with van der Waals surface area (Å²) in [6.45, 7) is 2.15. The molecule has 16 heavy (non-hydrogen) atoms. The highest BCUT2D eigenvalue weighted by molar-refractivity contribution is 8.00. The number of thioether (sulfide) groups is 1. The summed E-state index contributed by atoms with van der Waals surface area (Å²) >= 11 is 1.56. The number of hydrogen-bond acceptors (Lipinski definition) is 4. The lowest BCUT2D eigenvalue weighted by molar-refractivity contribution is -0.118. The fourth-order valence-electron chi connectivity index (χ4n) is 1.41. The fourth-order valence-corrected chi connectivity index (χ4v) is 2.28. The first-order valence-electron chi connectivity index (χ1n) is 5.03. The second kappa shape index (κ2) is 4.76. The summed E-state index contributed by atoms with van der Waals surface area (Å²) in [5.41, 5.74) is 0.700. The Bertz CT molecular complexity index is 408. The molecule has 1 aliphatic heterocycles. The molecule has 2 N–H and O–H groups in total. The van der Waals surface area contributed by atoms with E-state index in [9.17, 15) is 4.79 Å². The van der Waals surface area contributed by atoms with Gasteiger partial charge in [-0.25, -0.2) is 0 Å². The Morgan fingerprint density at radius 3 is 3.19 bits per heavy atom. The highest BCUT2D eigenvalue weighted by Crippen LogP contribution is 2.33. The molecular weight excluding hydrogens is 226 g/mol. The summed E-state index contributed by atoms with van der Waals surface area (Å²) in [5, 5.41) is 11.9. The number of hydrogen-bond donors (Lipinski definition) is 2. The molecule has 0 aliphatic carbocycles. The minimum absolute atomic E-state index is 0.0759. The molecule has 0 bridgehead atoms. The molecule has 1 aliphatic rings. The van der Waals surface area contributed by atoms with E-state index in [1.807, 2.05) is 25.1 Å². The smallest absolute Gasteiger partial charge is 0.262 e. The van der Waals surface area contributed by atoms with Crippen LogP contribution in [0.2, 0.25) is 0 Å². The maximum Gasteiger partial charge on any atom is 0.262 e. The number of nitrogens with one attached hydrogen (secondary N) is 1. The minimum Gasteiger partial charge on any atom is -0.482 e. The molecule has 5 heteroatoms. The Balaban J connectivity index is 2.18. The molecule has 1 aromatic rings. The molecule has 1 atom stereocenters. The van der Waals surface area contributed by atoms with Crippen molar-refractivity contribution in [2.24, 2.45) is 0 Å². The molecule has 0 aromatic heterocycles. The molecule has 0 saturated carbocycles. The number of anilines is 1. The van der Waals surface area contributed by atoms with Crippen LogP contribution in [0.4, 0.5) is 5.69 Å². The quantitative estimate of drug-likeness (QED) is 0.785. The topological polar surface area (TPSA) is 58.6 Å². The third-order valence-electron chi connectivity index (χ3n) is 2.18. The van der Waals surface area contributed by atoms with Crippen LogP contribution in [0.3, 0.4) is 0 Å². The minimum atomic E-state index is -0.134. The van der Waals surface area contributed by atoms with E-state index < -0.39 is 0 Å². The molecule has 1 heterocycles. The van der Waals surface area contributed by atoms with Gasteiger partial charge in [-0.3, -0.25) is 4.79 Å². The Labute approximate surface area is 98.0 Å². The van der Waals surface area contributed by atoms with Crippen LogP contribution >= 0.6 is 11.8 Å². The molecule has 0 fully saturated rings. The summed E-state index contributed by atoms with van der Waals surface area (Å²) in [5.74, 6) is 0.561. The van der Waals surface area contributed by atoms with Crippen LogP contribution in [0.25, 0.3) is 0 Å². The Hall–Kier alpha value is -1.20. The van der Waals surface area contributed by atoms with Crippen LogP contribution in [0, 0.1) is 0 Å². The van der Waals surface area contributed by atoms with Gasteiger partial charge in [0.1, 0.15) is 5.75 Å². The molecule has 86 valence electrons. The van der Waals surface area contributed by atoms with Crippen LogP contribution in [0.15, 0.2) is 23.1 Å². The average molecular weight is 239 g/mol. The van der Waals surface area contributed by atoms with Crippen molar-refractivity contribution in [2.45, 2.75) is 17.1 Å². The number of fused-ring (bicyclic) bond motifs is 1. The number of rotatable bonds is 3. The molecule has 0 saturated heterocycles. The summed E-state index contributed by atoms with van der Waals surface area (Å²) in [7, 11) is 0. The SMILES string of the molecule is CC(CO)Sc1ccc2c(c1)NC(=O)CO2. The second-order valence-electron chi connectivity index (χ2n) is 3.61. The third-order valence-corrected chi connectivity index (χ3v) is 3.26. The Morgan fingerprint density at radius 2 is 2.44 bits per heavy atom. The van der Waals surface area contributed by atoms with Crippen molar-refractivity contribution >= 4 is 23.4 Å². The van der Waals surface area contributed by atoms with E-state index in [0.29, 0.717) is 11.4 Å². The number of carbonyl (C=O) groups excluding carboxylic acids is 1. The van der Waals surface area contributed by atoms with E-state index in [0.717, 1.165) is 4.90 Å². The molecule has 1 unspecified atom stereocenters. The van der Waals surface area contributed by atoms with E-state index in [2.05, 4.69) is 5.32 Å². The first-order chi connectivity index (χ1) is 7.69. The lowest BCUT2D eigenvalue weighted by Crippen LogP contribution is -2.25. The van der Waals surface area contributed by atoms with E-state index in [1.165, 1.54) is 0 Å².